The lowest BCUT2D eigenvalue weighted by molar-refractivity contribution is -0.132. The highest BCUT2D eigenvalue weighted by atomic mass is 16.5. The fraction of sp³-hybridized carbons (Fsp3) is 0.290. The van der Waals surface area contributed by atoms with E-state index in [9.17, 15) is 19.8 Å². The fourth-order valence-electron chi connectivity index (χ4n) is 4.82. The number of hydrogen-bond acceptors (Lipinski definition) is 6. The topological polar surface area (TPSA) is 90.3 Å². The highest BCUT2D eigenvalue weighted by Crippen LogP contribution is 2.45. The van der Waals surface area contributed by atoms with Crippen LogP contribution in [0.2, 0.25) is 0 Å². The van der Waals surface area contributed by atoms with Crippen LogP contribution in [0.1, 0.15) is 50.4 Å². The number of aromatic hydroxyl groups is 1. The molecule has 0 spiro atoms. The predicted octanol–water partition coefficient (Wildman–Crippen LogP) is 5.96. The largest absolute Gasteiger partial charge is 0.507 e. The molecular weight excluding hydrogens is 480 g/mol. The van der Waals surface area contributed by atoms with E-state index in [1.807, 2.05) is 45.0 Å². The maximum atomic E-state index is 13.5. The van der Waals surface area contributed by atoms with Crippen LogP contribution in [0.4, 0.5) is 11.4 Å². The van der Waals surface area contributed by atoms with Gasteiger partial charge >= 0.3 is 0 Å². The first-order valence-electron chi connectivity index (χ1n) is 12.9. The minimum Gasteiger partial charge on any atom is -0.507 e. The van der Waals surface area contributed by atoms with Crippen molar-refractivity contribution in [2.75, 3.05) is 22.9 Å². The zero-order chi connectivity index (χ0) is 27.6. The number of aliphatic hydroxyl groups is 1. The third-order valence-electron chi connectivity index (χ3n) is 6.65. The first-order chi connectivity index (χ1) is 18.2. The van der Waals surface area contributed by atoms with Gasteiger partial charge in [-0.05, 0) is 82.1 Å². The summed E-state index contributed by atoms with van der Waals surface area (Å²) in [5.74, 6) is -1.54. The lowest BCUT2D eigenvalue weighted by Crippen LogP contribution is -2.29. The van der Waals surface area contributed by atoms with Crippen LogP contribution in [-0.4, -0.2) is 41.1 Å². The Morgan fingerprint density at radius 2 is 1.68 bits per heavy atom. The van der Waals surface area contributed by atoms with E-state index < -0.39 is 17.7 Å². The number of Topliss-reactive ketones (excluding diaryl/α,β-unsaturated/α-hetero) is 1. The summed E-state index contributed by atoms with van der Waals surface area (Å²) in [4.78, 5) is 30.4. The molecule has 3 aromatic carbocycles. The number of nitrogens with zero attached hydrogens (tertiary/aromatic N) is 2. The van der Waals surface area contributed by atoms with Crippen molar-refractivity contribution >= 4 is 28.8 Å². The Hall–Kier alpha value is -4.26. The van der Waals surface area contributed by atoms with Crippen molar-refractivity contribution in [3.05, 3.63) is 89.0 Å². The summed E-state index contributed by atoms with van der Waals surface area (Å²) in [5, 5.41) is 22.2. The van der Waals surface area contributed by atoms with Crippen LogP contribution in [0.3, 0.4) is 0 Å². The molecule has 1 fully saturated rings. The van der Waals surface area contributed by atoms with Crippen molar-refractivity contribution in [3.63, 3.8) is 0 Å². The number of ether oxygens (including phenoxy) is 1. The molecule has 7 heteroatoms. The summed E-state index contributed by atoms with van der Waals surface area (Å²) in [7, 11) is 0. The van der Waals surface area contributed by atoms with Crippen molar-refractivity contribution in [1.82, 2.24) is 0 Å². The number of hydrogen-bond donors (Lipinski definition) is 2. The monoisotopic (exact) mass is 514 g/mol. The van der Waals surface area contributed by atoms with Gasteiger partial charge in [-0.2, -0.15) is 0 Å². The lowest BCUT2D eigenvalue weighted by atomic mass is 9.94. The molecule has 1 heterocycles. The van der Waals surface area contributed by atoms with Gasteiger partial charge in [0.2, 0.25) is 0 Å². The van der Waals surface area contributed by atoms with Crippen molar-refractivity contribution in [3.8, 4) is 11.5 Å². The van der Waals surface area contributed by atoms with Gasteiger partial charge in [0.1, 0.15) is 17.3 Å². The van der Waals surface area contributed by atoms with E-state index in [0.717, 1.165) is 24.3 Å². The highest BCUT2D eigenvalue weighted by molar-refractivity contribution is 6.52. The Bertz CT molecular complexity index is 1370. The summed E-state index contributed by atoms with van der Waals surface area (Å²) in [5.41, 5.74) is 2.98. The first kappa shape index (κ1) is 26.8. The smallest absolute Gasteiger partial charge is 0.300 e. The number of carbonyl (C=O) groups excluding carboxylic acids is 2. The Morgan fingerprint density at radius 3 is 2.32 bits per heavy atom. The van der Waals surface area contributed by atoms with Gasteiger partial charge in [0.25, 0.3) is 11.7 Å². The minimum atomic E-state index is -0.942. The van der Waals surface area contributed by atoms with Gasteiger partial charge in [-0.15, -0.1) is 0 Å². The lowest BCUT2D eigenvalue weighted by Gasteiger charge is -2.27. The maximum absolute atomic E-state index is 13.5. The second kappa shape index (κ2) is 11.0. The van der Waals surface area contributed by atoms with Gasteiger partial charge < -0.3 is 19.8 Å². The van der Waals surface area contributed by atoms with Crippen LogP contribution in [0.25, 0.3) is 5.76 Å². The van der Waals surface area contributed by atoms with Gasteiger partial charge in [-0.1, -0.05) is 30.3 Å². The minimum absolute atomic E-state index is 0.0480. The van der Waals surface area contributed by atoms with Crippen LogP contribution in [-0.2, 0) is 9.59 Å². The number of aryl methyl sites for hydroxylation is 1. The average molecular weight is 515 g/mol. The molecule has 1 aliphatic heterocycles. The number of carbonyl (C=O) groups is 2. The van der Waals surface area contributed by atoms with Crippen molar-refractivity contribution in [2.24, 2.45) is 0 Å². The molecule has 0 bridgehead atoms. The number of rotatable bonds is 8. The second-order valence-corrected chi connectivity index (χ2v) is 9.62. The molecule has 7 nitrogen and oxygen atoms in total. The van der Waals surface area contributed by atoms with Gasteiger partial charge in [-0.25, -0.2) is 0 Å². The molecule has 198 valence electrons. The summed E-state index contributed by atoms with van der Waals surface area (Å²) < 4.78 is 5.77. The Kier molecular flexibility index (Phi) is 7.76. The van der Waals surface area contributed by atoms with Crippen LogP contribution in [0.15, 0.2) is 72.3 Å². The molecule has 0 aliphatic carbocycles. The van der Waals surface area contributed by atoms with E-state index in [0.29, 0.717) is 16.9 Å². The zero-order valence-electron chi connectivity index (χ0n) is 22.4. The van der Waals surface area contributed by atoms with E-state index in [2.05, 4.69) is 18.7 Å². The van der Waals surface area contributed by atoms with Gasteiger partial charge in [0.05, 0.1) is 23.4 Å². The van der Waals surface area contributed by atoms with E-state index in [4.69, 9.17) is 4.74 Å². The molecule has 1 aliphatic rings. The number of ketones is 1. The summed E-state index contributed by atoms with van der Waals surface area (Å²) in [6, 6.07) is 18.3. The Balaban J connectivity index is 1.91. The van der Waals surface area contributed by atoms with Crippen LogP contribution < -0.4 is 14.5 Å². The zero-order valence-corrected chi connectivity index (χ0v) is 22.4. The third kappa shape index (κ3) is 5.09. The third-order valence-corrected chi connectivity index (χ3v) is 6.65. The highest BCUT2D eigenvalue weighted by Gasteiger charge is 2.47. The van der Waals surface area contributed by atoms with E-state index >= 15 is 0 Å². The van der Waals surface area contributed by atoms with E-state index in [-0.39, 0.29) is 28.9 Å². The van der Waals surface area contributed by atoms with Crippen molar-refractivity contribution in [1.29, 1.82) is 0 Å². The number of aliphatic hydroxyl groups excluding tert-OH is 1. The van der Waals surface area contributed by atoms with Gasteiger partial charge in [-0.3, -0.25) is 14.5 Å². The van der Waals surface area contributed by atoms with Gasteiger partial charge in [0, 0.05) is 24.3 Å². The Morgan fingerprint density at radius 1 is 1.00 bits per heavy atom. The first-order valence-corrected chi connectivity index (χ1v) is 12.9. The predicted molar refractivity (Wildman–Crippen MR) is 150 cm³/mol. The van der Waals surface area contributed by atoms with Crippen LogP contribution >= 0.6 is 0 Å². The van der Waals surface area contributed by atoms with Crippen LogP contribution in [0, 0.1) is 6.92 Å². The number of anilines is 2. The molecule has 0 aromatic heterocycles. The normalized spacial score (nSPS) is 16.8. The molecule has 1 saturated heterocycles. The number of phenols is 1. The van der Waals surface area contributed by atoms with Crippen molar-refractivity contribution in [2.45, 2.75) is 46.8 Å². The molecule has 1 atom stereocenters. The second-order valence-electron chi connectivity index (χ2n) is 9.62. The molecule has 0 radical (unpaired) electrons. The summed E-state index contributed by atoms with van der Waals surface area (Å²) >= 11 is 0. The van der Waals surface area contributed by atoms with Gasteiger partial charge in [0.15, 0.2) is 0 Å². The molecule has 4 rings (SSSR count). The fourth-order valence-corrected chi connectivity index (χ4v) is 4.82. The standard InChI is InChI=1S/C31H34N2O5/c1-6-32(7-2)23-14-12-21(13-15-23)28-27(29(35)22-9-8-10-24(18-22)38-19(3)4)30(36)31(37)33(28)25-17-20(5)11-16-26(25)34/h8-19,28,34-35H,6-7H2,1-5H3/b29-27+. The Labute approximate surface area is 223 Å². The molecule has 3 aromatic rings. The number of benzene rings is 3. The molecule has 0 saturated carbocycles. The molecular formula is C31H34N2O5. The average Bonchev–Trinajstić information content (AvgIpc) is 3.16. The molecule has 1 unspecified atom stereocenters. The SMILES string of the molecule is CCN(CC)c1ccc(C2/C(=C(\O)c3cccc(OC(C)C)c3)C(=O)C(=O)N2c2cc(C)ccc2O)cc1. The van der Waals surface area contributed by atoms with Crippen molar-refractivity contribution < 1.29 is 24.5 Å². The molecule has 38 heavy (non-hydrogen) atoms. The summed E-state index contributed by atoms with van der Waals surface area (Å²) in [6.07, 6.45) is -0.0772. The summed E-state index contributed by atoms with van der Waals surface area (Å²) in [6.45, 7) is 11.4. The quantitative estimate of drug-likeness (QED) is 0.219. The van der Waals surface area contributed by atoms with E-state index in [1.165, 1.54) is 11.0 Å². The maximum Gasteiger partial charge on any atom is 0.300 e. The number of amides is 1. The number of phenolic OH excluding ortho intramolecular Hbond substituents is 1. The van der Waals surface area contributed by atoms with Crippen LogP contribution in [0.5, 0.6) is 11.5 Å². The van der Waals surface area contributed by atoms with E-state index in [1.54, 1.807) is 36.4 Å². The molecule has 1 amide bonds. The molecule has 2 N–H and O–H groups in total.